The molecule has 0 aromatic heterocycles. The van der Waals surface area contributed by atoms with Crippen LogP contribution in [0.5, 0.6) is 23.0 Å². The first-order chi connectivity index (χ1) is 10.7. The Morgan fingerprint density at radius 3 is 2.00 bits per heavy atom. The Labute approximate surface area is 134 Å². The van der Waals surface area contributed by atoms with Crippen LogP contribution < -0.4 is 14.2 Å². The Hall–Kier alpha value is -2.05. The Morgan fingerprint density at radius 1 is 0.909 bits per heavy atom. The van der Waals surface area contributed by atoms with Gasteiger partial charge in [-0.25, -0.2) is 0 Å². The second-order valence-corrected chi connectivity index (χ2v) is 5.25. The summed E-state index contributed by atoms with van der Waals surface area (Å²) < 4.78 is 21.5. The zero-order valence-electron chi connectivity index (χ0n) is 12.7. The number of phenols is 1. The lowest BCUT2D eigenvalue weighted by atomic mass is 10.2. The molecule has 0 aliphatic rings. The molecule has 118 valence electrons. The highest BCUT2D eigenvalue weighted by Crippen LogP contribution is 2.38. The Kier molecular flexibility index (Phi) is 5.80. The van der Waals surface area contributed by atoms with Crippen molar-refractivity contribution in [3.05, 3.63) is 42.0 Å². The Bertz CT molecular complexity index is 587. The molecule has 0 radical (unpaired) electrons. The minimum absolute atomic E-state index is 0.231. The molecule has 2 rings (SSSR count). The van der Waals surface area contributed by atoms with E-state index in [-0.39, 0.29) is 5.75 Å². The van der Waals surface area contributed by atoms with Crippen molar-refractivity contribution >= 4 is 12.0 Å². The summed E-state index contributed by atoms with van der Waals surface area (Å²) in [6.07, 6.45) is 0. The van der Waals surface area contributed by atoms with E-state index in [0.717, 1.165) is 10.5 Å². The molecule has 0 saturated heterocycles. The molecule has 0 heterocycles. The fourth-order valence-electron chi connectivity index (χ4n) is 1.89. The van der Waals surface area contributed by atoms with Gasteiger partial charge < -0.3 is 23.5 Å². The van der Waals surface area contributed by atoms with Crippen LogP contribution in [0.2, 0.25) is 0 Å². The molecule has 2 aromatic rings. The third-order valence-electron chi connectivity index (χ3n) is 2.94. The van der Waals surface area contributed by atoms with E-state index in [0.29, 0.717) is 23.9 Å². The average Bonchev–Trinajstić information content (AvgIpc) is 2.55. The number of phenolic OH excluding ortho intramolecular Hbond substituents is 1. The SMILES string of the molecule is COc1cc(COSc2ccc(O)cc2)cc(OC)c1OC. The number of hydrogen-bond acceptors (Lipinski definition) is 6. The van der Waals surface area contributed by atoms with Gasteiger partial charge in [0.15, 0.2) is 11.5 Å². The molecule has 2 aromatic carbocycles. The van der Waals surface area contributed by atoms with Crippen LogP contribution in [0.25, 0.3) is 0 Å². The van der Waals surface area contributed by atoms with Gasteiger partial charge in [0.2, 0.25) is 5.75 Å². The molecule has 0 unspecified atom stereocenters. The number of methoxy groups -OCH3 is 3. The molecule has 0 amide bonds. The molecule has 1 N–H and O–H groups in total. The summed E-state index contributed by atoms with van der Waals surface area (Å²) in [7, 11) is 4.72. The summed E-state index contributed by atoms with van der Waals surface area (Å²) in [4.78, 5) is 0.908. The first-order valence-corrected chi connectivity index (χ1v) is 7.29. The van der Waals surface area contributed by atoms with Crippen molar-refractivity contribution in [2.75, 3.05) is 21.3 Å². The van der Waals surface area contributed by atoms with Gasteiger partial charge in [0, 0.05) is 16.9 Å². The normalized spacial score (nSPS) is 10.3. The second-order valence-electron chi connectivity index (χ2n) is 4.37. The monoisotopic (exact) mass is 322 g/mol. The van der Waals surface area contributed by atoms with Gasteiger partial charge in [-0.2, -0.15) is 0 Å². The fraction of sp³-hybridized carbons (Fsp3) is 0.250. The van der Waals surface area contributed by atoms with E-state index < -0.39 is 0 Å². The van der Waals surface area contributed by atoms with Gasteiger partial charge >= 0.3 is 0 Å². The number of rotatable bonds is 7. The largest absolute Gasteiger partial charge is 0.508 e. The zero-order chi connectivity index (χ0) is 15.9. The molecule has 0 aliphatic carbocycles. The number of benzene rings is 2. The Balaban J connectivity index is 2.04. The lowest BCUT2D eigenvalue weighted by Crippen LogP contribution is -1.97. The highest BCUT2D eigenvalue weighted by molar-refractivity contribution is 7.94. The highest BCUT2D eigenvalue weighted by Gasteiger charge is 2.13. The van der Waals surface area contributed by atoms with Crippen LogP contribution in [0, 0.1) is 0 Å². The van der Waals surface area contributed by atoms with E-state index in [1.807, 2.05) is 12.1 Å². The summed E-state index contributed by atoms with van der Waals surface area (Å²) in [6.45, 7) is 0.377. The van der Waals surface area contributed by atoms with Crippen molar-refractivity contribution in [1.82, 2.24) is 0 Å². The van der Waals surface area contributed by atoms with Crippen LogP contribution in [0.15, 0.2) is 41.3 Å². The predicted molar refractivity (Wildman–Crippen MR) is 84.9 cm³/mol. The van der Waals surface area contributed by atoms with Gasteiger partial charge in [0.05, 0.1) is 27.9 Å². The van der Waals surface area contributed by atoms with E-state index in [4.69, 9.17) is 18.4 Å². The molecule has 22 heavy (non-hydrogen) atoms. The maximum absolute atomic E-state index is 9.24. The van der Waals surface area contributed by atoms with Crippen molar-refractivity contribution in [3.63, 3.8) is 0 Å². The molecule has 0 atom stereocenters. The molecule has 6 heteroatoms. The van der Waals surface area contributed by atoms with Gasteiger partial charge in [0.25, 0.3) is 0 Å². The number of aromatic hydroxyl groups is 1. The van der Waals surface area contributed by atoms with Crippen molar-refractivity contribution in [3.8, 4) is 23.0 Å². The molecule has 5 nitrogen and oxygen atoms in total. The molecular formula is C16H18O5S. The third kappa shape index (κ3) is 3.99. The standard InChI is InChI=1S/C16H18O5S/c1-18-14-8-11(9-15(19-2)16(14)20-3)10-21-22-13-6-4-12(17)5-7-13/h4-9,17H,10H2,1-3H3. The first-order valence-electron chi connectivity index (χ1n) is 6.55. The summed E-state index contributed by atoms with van der Waals surface area (Å²) in [5.74, 6) is 1.97. The van der Waals surface area contributed by atoms with Gasteiger partial charge in [-0.05, 0) is 42.0 Å². The summed E-state index contributed by atoms with van der Waals surface area (Å²) in [5, 5.41) is 9.24. The van der Waals surface area contributed by atoms with Gasteiger partial charge in [0.1, 0.15) is 5.75 Å². The van der Waals surface area contributed by atoms with E-state index in [9.17, 15) is 5.11 Å². The average molecular weight is 322 g/mol. The summed E-state index contributed by atoms with van der Waals surface area (Å²) >= 11 is 1.24. The van der Waals surface area contributed by atoms with Crippen LogP contribution in [-0.2, 0) is 10.8 Å². The van der Waals surface area contributed by atoms with Crippen LogP contribution in [0.3, 0.4) is 0 Å². The fourth-order valence-corrected chi connectivity index (χ4v) is 2.46. The van der Waals surface area contributed by atoms with Crippen molar-refractivity contribution < 1.29 is 23.5 Å². The lowest BCUT2D eigenvalue weighted by Gasteiger charge is -2.14. The summed E-state index contributed by atoms with van der Waals surface area (Å²) in [6, 6.07) is 10.5. The molecule has 0 fully saturated rings. The minimum atomic E-state index is 0.231. The van der Waals surface area contributed by atoms with Crippen molar-refractivity contribution in [1.29, 1.82) is 0 Å². The highest BCUT2D eigenvalue weighted by atomic mass is 32.2. The quantitative estimate of drug-likeness (QED) is 0.785. The van der Waals surface area contributed by atoms with Crippen LogP contribution in [0.4, 0.5) is 0 Å². The van der Waals surface area contributed by atoms with E-state index in [1.54, 1.807) is 45.6 Å². The van der Waals surface area contributed by atoms with Gasteiger partial charge in [-0.1, -0.05) is 0 Å². The van der Waals surface area contributed by atoms with E-state index in [2.05, 4.69) is 0 Å². The molecule has 0 saturated carbocycles. The lowest BCUT2D eigenvalue weighted by molar-refractivity contribution is 0.319. The second kappa shape index (κ2) is 7.82. The Morgan fingerprint density at radius 2 is 1.50 bits per heavy atom. The number of hydrogen-bond donors (Lipinski definition) is 1. The number of ether oxygens (including phenoxy) is 3. The maximum atomic E-state index is 9.24. The predicted octanol–water partition coefficient (Wildman–Crippen LogP) is 3.64. The minimum Gasteiger partial charge on any atom is -0.508 e. The molecule has 0 aliphatic heterocycles. The van der Waals surface area contributed by atoms with E-state index >= 15 is 0 Å². The molecular weight excluding hydrogens is 304 g/mol. The van der Waals surface area contributed by atoms with Crippen LogP contribution >= 0.6 is 12.0 Å². The van der Waals surface area contributed by atoms with Gasteiger partial charge in [-0.15, -0.1) is 0 Å². The van der Waals surface area contributed by atoms with Crippen LogP contribution in [0.1, 0.15) is 5.56 Å². The van der Waals surface area contributed by atoms with Gasteiger partial charge in [-0.3, -0.25) is 0 Å². The molecule has 0 spiro atoms. The third-order valence-corrected chi connectivity index (χ3v) is 3.64. The topological polar surface area (TPSA) is 57.2 Å². The van der Waals surface area contributed by atoms with Crippen molar-refractivity contribution in [2.45, 2.75) is 11.5 Å². The first kappa shape index (κ1) is 16.3. The zero-order valence-corrected chi connectivity index (χ0v) is 13.5. The molecule has 0 bridgehead atoms. The van der Waals surface area contributed by atoms with E-state index in [1.165, 1.54) is 12.0 Å². The maximum Gasteiger partial charge on any atom is 0.203 e. The van der Waals surface area contributed by atoms with Crippen molar-refractivity contribution in [2.24, 2.45) is 0 Å². The smallest absolute Gasteiger partial charge is 0.203 e. The van der Waals surface area contributed by atoms with Crippen LogP contribution in [-0.4, -0.2) is 26.4 Å². The summed E-state index contributed by atoms with van der Waals surface area (Å²) in [5.41, 5.74) is 0.903.